The molecule has 1 saturated heterocycles. The van der Waals surface area contributed by atoms with E-state index in [1.54, 1.807) is 17.4 Å². The molecule has 0 radical (unpaired) electrons. The number of nitrogens with one attached hydrogen (secondary N) is 1. The first-order valence-electron chi connectivity index (χ1n) is 7.07. The van der Waals surface area contributed by atoms with E-state index in [0.717, 1.165) is 39.1 Å². The van der Waals surface area contributed by atoms with E-state index in [1.165, 1.54) is 4.88 Å². The highest BCUT2D eigenvalue weighted by Gasteiger charge is 2.21. The van der Waals surface area contributed by atoms with Gasteiger partial charge in [0.2, 0.25) is 0 Å². The Balaban J connectivity index is 1.59. The molecule has 2 aromatic rings. The largest absolute Gasteiger partial charge is 0.382 e. The van der Waals surface area contributed by atoms with Crippen LogP contribution in [0.3, 0.4) is 0 Å². The topological polar surface area (TPSA) is 78.3 Å². The van der Waals surface area contributed by atoms with Gasteiger partial charge in [0, 0.05) is 43.7 Å². The zero-order valence-corrected chi connectivity index (χ0v) is 12.6. The number of anilines is 1. The monoisotopic (exact) mass is 305 g/mol. The summed E-state index contributed by atoms with van der Waals surface area (Å²) in [5.74, 6) is 0.338. The van der Waals surface area contributed by atoms with Crippen molar-refractivity contribution >= 4 is 23.1 Å². The molecule has 0 aromatic carbocycles. The van der Waals surface area contributed by atoms with Crippen LogP contribution in [0.1, 0.15) is 21.8 Å². The van der Waals surface area contributed by atoms with Gasteiger partial charge in [-0.2, -0.15) is 5.10 Å². The number of thiophene rings is 1. The Labute approximate surface area is 127 Å². The number of aromatic amines is 1. The Hall–Kier alpha value is -1.86. The number of hydrogen-bond acceptors (Lipinski definition) is 5. The van der Waals surface area contributed by atoms with Crippen LogP contribution in [-0.2, 0) is 6.54 Å². The predicted molar refractivity (Wildman–Crippen MR) is 83.1 cm³/mol. The van der Waals surface area contributed by atoms with Gasteiger partial charge in [0.15, 0.2) is 0 Å². The highest BCUT2D eigenvalue weighted by Crippen LogP contribution is 2.15. The molecule has 3 N–H and O–H groups in total. The van der Waals surface area contributed by atoms with Crippen molar-refractivity contribution in [3.63, 3.8) is 0 Å². The summed E-state index contributed by atoms with van der Waals surface area (Å²) in [6.45, 7) is 4.40. The van der Waals surface area contributed by atoms with Crippen LogP contribution in [0, 0.1) is 0 Å². The molecule has 3 rings (SSSR count). The smallest absolute Gasteiger partial charge is 0.271 e. The molecule has 1 fully saturated rings. The minimum Gasteiger partial charge on any atom is -0.382 e. The van der Waals surface area contributed by atoms with E-state index < -0.39 is 0 Å². The van der Waals surface area contributed by atoms with Crippen molar-refractivity contribution in [1.29, 1.82) is 0 Å². The fraction of sp³-hybridized carbons (Fsp3) is 0.429. The molecule has 0 aliphatic carbocycles. The molecule has 21 heavy (non-hydrogen) atoms. The van der Waals surface area contributed by atoms with Crippen molar-refractivity contribution in [2.75, 3.05) is 31.9 Å². The average Bonchev–Trinajstić information content (AvgIpc) is 3.07. The molecule has 1 amide bonds. The van der Waals surface area contributed by atoms with Crippen LogP contribution in [0.4, 0.5) is 5.82 Å². The van der Waals surface area contributed by atoms with Crippen molar-refractivity contribution in [1.82, 2.24) is 20.0 Å². The van der Waals surface area contributed by atoms with E-state index in [9.17, 15) is 4.79 Å². The second-order valence-corrected chi connectivity index (χ2v) is 6.24. The van der Waals surface area contributed by atoms with E-state index in [4.69, 9.17) is 5.73 Å². The SMILES string of the molecule is Nc1cc(C(=O)N2CCCN(Cc3cccs3)CC2)[nH]n1. The molecule has 3 heterocycles. The first kappa shape index (κ1) is 14.1. The first-order valence-corrected chi connectivity index (χ1v) is 7.95. The second-order valence-electron chi connectivity index (χ2n) is 5.21. The normalized spacial score (nSPS) is 16.9. The number of carbonyl (C=O) groups excluding carboxylic acids is 1. The summed E-state index contributed by atoms with van der Waals surface area (Å²) in [5.41, 5.74) is 6.03. The molecular formula is C14H19N5OS. The number of rotatable bonds is 3. The summed E-state index contributed by atoms with van der Waals surface area (Å²) >= 11 is 1.78. The Morgan fingerprint density at radius 1 is 1.38 bits per heavy atom. The number of amides is 1. The Morgan fingerprint density at radius 3 is 3.00 bits per heavy atom. The highest BCUT2D eigenvalue weighted by atomic mass is 32.1. The fourth-order valence-electron chi connectivity index (χ4n) is 2.57. The zero-order valence-electron chi connectivity index (χ0n) is 11.8. The summed E-state index contributed by atoms with van der Waals surface area (Å²) in [7, 11) is 0. The maximum atomic E-state index is 12.4. The lowest BCUT2D eigenvalue weighted by Gasteiger charge is -2.21. The van der Waals surface area contributed by atoms with Gasteiger partial charge in [0.05, 0.1) is 0 Å². The number of nitrogens with zero attached hydrogens (tertiary/aromatic N) is 3. The van der Waals surface area contributed by atoms with Crippen molar-refractivity contribution < 1.29 is 4.79 Å². The predicted octanol–water partition coefficient (Wildman–Crippen LogP) is 1.40. The molecule has 1 aliphatic heterocycles. The molecule has 0 bridgehead atoms. The van der Waals surface area contributed by atoms with Crippen LogP contribution >= 0.6 is 11.3 Å². The highest BCUT2D eigenvalue weighted by molar-refractivity contribution is 7.09. The van der Waals surface area contributed by atoms with E-state index in [1.807, 2.05) is 4.90 Å². The van der Waals surface area contributed by atoms with Gasteiger partial charge in [0.25, 0.3) is 5.91 Å². The van der Waals surface area contributed by atoms with E-state index in [2.05, 4.69) is 32.6 Å². The Morgan fingerprint density at radius 2 is 2.29 bits per heavy atom. The van der Waals surface area contributed by atoms with Crippen molar-refractivity contribution in [2.45, 2.75) is 13.0 Å². The van der Waals surface area contributed by atoms with Crippen LogP contribution in [0.15, 0.2) is 23.6 Å². The third-order valence-corrected chi connectivity index (χ3v) is 4.52. The summed E-state index contributed by atoms with van der Waals surface area (Å²) < 4.78 is 0. The van der Waals surface area contributed by atoms with Crippen molar-refractivity contribution in [3.05, 3.63) is 34.2 Å². The first-order chi connectivity index (χ1) is 10.2. The lowest BCUT2D eigenvalue weighted by molar-refractivity contribution is 0.0755. The third kappa shape index (κ3) is 3.43. The summed E-state index contributed by atoms with van der Waals surface area (Å²) in [6.07, 6.45) is 0.987. The number of nitrogens with two attached hydrogens (primary N) is 1. The standard InChI is InChI=1S/C14H19N5OS/c15-13-9-12(16-17-13)14(20)19-5-2-4-18(6-7-19)10-11-3-1-8-21-11/h1,3,8-9H,2,4-7,10H2,(H3,15,16,17). The zero-order chi connectivity index (χ0) is 14.7. The fourth-order valence-corrected chi connectivity index (χ4v) is 3.32. The van der Waals surface area contributed by atoms with Crippen molar-refractivity contribution in [3.8, 4) is 0 Å². The third-order valence-electron chi connectivity index (χ3n) is 3.66. The molecule has 0 spiro atoms. The molecule has 1 aliphatic rings. The molecule has 0 atom stereocenters. The summed E-state index contributed by atoms with van der Waals surface area (Å²) in [5, 5.41) is 8.61. The van der Waals surface area contributed by atoms with Crippen LogP contribution in [0.25, 0.3) is 0 Å². The number of H-pyrrole nitrogens is 1. The van der Waals surface area contributed by atoms with Gasteiger partial charge in [-0.3, -0.25) is 14.8 Å². The summed E-state index contributed by atoms with van der Waals surface area (Å²) in [4.78, 5) is 18.0. The number of nitrogen functional groups attached to an aromatic ring is 1. The minimum absolute atomic E-state index is 0.0165. The Bertz CT molecular complexity index is 594. The quantitative estimate of drug-likeness (QED) is 0.898. The van der Waals surface area contributed by atoms with E-state index >= 15 is 0 Å². The van der Waals surface area contributed by atoms with E-state index in [-0.39, 0.29) is 5.91 Å². The summed E-state index contributed by atoms with van der Waals surface area (Å²) in [6, 6.07) is 5.83. The lowest BCUT2D eigenvalue weighted by Crippen LogP contribution is -2.35. The average molecular weight is 305 g/mol. The number of carbonyl (C=O) groups is 1. The molecule has 112 valence electrons. The van der Waals surface area contributed by atoms with Gasteiger partial charge < -0.3 is 10.6 Å². The molecular weight excluding hydrogens is 286 g/mol. The molecule has 0 saturated carbocycles. The maximum absolute atomic E-state index is 12.4. The van der Waals surface area contributed by atoms with Crippen LogP contribution in [0.5, 0.6) is 0 Å². The van der Waals surface area contributed by atoms with Crippen LogP contribution in [-0.4, -0.2) is 52.1 Å². The number of aromatic nitrogens is 2. The van der Waals surface area contributed by atoms with Crippen molar-refractivity contribution in [2.24, 2.45) is 0 Å². The Kier molecular flexibility index (Phi) is 4.21. The van der Waals surface area contributed by atoms with Crippen LogP contribution < -0.4 is 5.73 Å². The minimum atomic E-state index is -0.0165. The van der Waals surface area contributed by atoms with Gasteiger partial charge in [-0.1, -0.05) is 6.07 Å². The van der Waals surface area contributed by atoms with Gasteiger partial charge in [-0.15, -0.1) is 11.3 Å². The van der Waals surface area contributed by atoms with Gasteiger partial charge in [0.1, 0.15) is 11.5 Å². The van der Waals surface area contributed by atoms with Crippen LogP contribution in [0.2, 0.25) is 0 Å². The molecule has 7 heteroatoms. The molecule has 2 aromatic heterocycles. The van der Waals surface area contributed by atoms with Gasteiger partial charge in [-0.05, 0) is 17.9 Å². The molecule has 6 nitrogen and oxygen atoms in total. The lowest BCUT2D eigenvalue weighted by atomic mass is 10.3. The molecule has 0 unspecified atom stereocenters. The maximum Gasteiger partial charge on any atom is 0.271 e. The van der Waals surface area contributed by atoms with E-state index in [0.29, 0.717) is 11.5 Å². The second kappa shape index (κ2) is 6.28. The number of hydrogen-bond donors (Lipinski definition) is 2. The van der Waals surface area contributed by atoms with Gasteiger partial charge >= 0.3 is 0 Å². The van der Waals surface area contributed by atoms with Gasteiger partial charge in [-0.25, -0.2) is 0 Å².